The van der Waals surface area contributed by atoms with Gasteiger partial charge in [-0.2, -0.15) is 0 Å². The highest BCUT2D eigenvalue weighted by Crippen LogP contribution is 2.16. The number of amides is 1. The Morgan fingerprint density at radius 3 is 1.96 bits per heavy atom. The number of nitrogens with zero attached hydrogens (tertiary/aromatic N) is 1. The summed E-state index contributed by atoms with van der Waals surface area (Å²) in [7, 11) is 3.37. The Bertz CT molecular complexity index is 792. The van der Waals surface area contributed by atoms with Gasteiger partial charge < -0.3 is 14.4 Å². The van der Waals surface area contributed by atoms with Gasteiger partial charge in [0.1, 0.15) is 5.75 Å². The number of rotatable bonds is 3. The Kier molecular flexibility index (Phi) is 5.93. The van der Waals surface area contributed by atoms with Gasteiger partial charge in [0.2, 0.25) is 0 Å². The third-order valence-electron chi connectivity index (χ3n) is 4.64. The summed E-state index contributed by atoms with van der Waals surface area (Å²) in [5.41, 5.74) is 2.51. The lowest BCUT2D eigenvalue weighted by Gasteiger charge is -2.31. The molecule has 3 rings (SSSR count). The van der Waals surface area contributed by atoms with E-state index in [1.807, 2.05) is 53.4 Å². The number of hydrogen-bond donors (Lipinski definition) is 0. The van der Waals surface area contributed by atoms with Crippen molar-refractivity contribution in [2.24, 2.45) is 0 Å². The van der Waals surface area contributed by atoms with Crippen molar-refractivity contribution in [1.29, 1.82) is 0 Å². The molecule has 1 fully saturated rings. The minimum Gasteiger partial charge on any atom is -0.497 e. The van der Waals surface area contributed by atoms with Crippen molar-refractivity contribution in [1.82, 2.24) is 4.90 Å². The second-order valence-corrected chi connectivity index (χ2v) is 6.28. The molecule has 2 aromatic rings. The summed E-state index contributed by atoms with van der Waals surface area (Å²) in [4.78, 5) is 14.5. The summed E-state index contributed by atoms with van der Waals surface area (Å²) in [5.74, 6) is 7.14. The van der Waals surface area contributed by atoms with E-state index in [1.54, 1.807) is 14.2 Å². The Labute approximate surface area is 154 Å². The SMILES string of the molecule is COc1ccc(C#Cc2ccc(C(=O)N3CCC(OC)CC3)cc2)cc1. The third kappa shape index (κ3) is 4.44. The average Bonchev–Trinajstić information content (AvgIpc) is 2.72. The van der Waals surface area contributed by atoms with E-state index in [0.717, 1.165) is 42.8 Å². The van der Waals surface area contributed by atoms with Gasteiger partial charge in [0.15, 0.2) is 0 Å². The second-order valence-electron chi connectivity index (χ2n) is 6.28. The number of likely N-dealkylation sites (tertiary alicyclic amines) is 1. The zero-order valence-corrected chi connectivity index (χ0v) is 15.2. The minimum atomic E-state index is 0.0780. The maximum absolute atomic E-state index is 12.6. The van der Waals surface area contributed by atoms with E-state index in [0.29, 0.717) is 5.56 Å². The number of piperidine rings is 1. The standard InChI is InChI=1S/C22H23NO3/c1-25-20-11-7-18(8-12-20)4-3-17-5-9-19(10-6-17)22(24)23-15-13-21(26-2)14-16-23/h5-12,21H,13-16H2,1-2H3. The molecule has 2 aromatic carbocycles. The van der Waals surface area contributed by atoms with Gasteiger partial charge in [-0.05, 0) is 61.4 Å². The van der Waals surface area contributed by atoms with Crippen molar-refractivity contribution < 1.29 is 14.3 Å². The predicted octanol–water partition coefficient (Wildman–Crippen LogP) is 3.35. The lowest BCUT2D eigenvalue weighted by Crippen LogP contribution is -2.40. The molecule has 134 valence electrons. The molecular weight excluding hydrogens is 326 g/mol. The van der Waals surface area contributed by atoms with Crippen LogP contribution < -0.4 is 4.74 Å². The van der Waals surface area contributed by atoms with Crippen LogP contribution in [0.25, 0.3) is 0 Å². The summed E-state index contributed by atoms with van der Waals surface area (Å²) < 4.78 is 10.5. The maximum atomic E-state index is 12.6. The predicted molar refractivity (Wildman–Crippen MR) is 101 cm³/mol. The molecule has 1 amide bonds. The summed E-state index contributed by atoms with van der Waals surface area (Å²) in [6.45, 7) is 1.49. The van der Waals surface area contributed by atoms with Gasteiger partial charge in [0, 0.05) is 36.9 Å². The van der Waals surface area contributed by atoms with Crippen molar-refractivity contribution in [3.05, 3.63) is 65.2 Å². The lowest BCUT2D eigenvalue weighted by atomic mass is 10.1. The van der Waals surface area contributed by atoms with Gasteiger partial charge >= 0.3 is 0 Å². The average molecular weight is 349 g/mol. The van der Waals surface area contributed by atoms with Crippen LogP contribution >= 0.6 is 0 Å². The van der Waals surface area contributed by atoms with Crippen LogP contribution in [-0.2, 0) is 4.74 Å². The number of benzene rings is 2. The molecule has 0 atom stereocenters. The van der Waals surface area contributed by atoms with Crippen molar-refractivity contribution in [3.8, 4) is 17.6 Å². The van der Waals surface area contributed by atoms with E-state index >= 15 is 0 Å². The van der Waals surface area contributed by atoms with Crippen LogP contribution in [0.5, 0.6) is 5.75 Å². The highest BCUT2D eigenvalue weighted by Gasteiger charge is 2.23. The molecule has 1 aliphatic heterocycles. The molecule has 4 nitrogen and oxygen atoms in total. The molecule has 0 saturated carbocycles. The number of methoxy groups -OCH3 is 2. The van der Waals surface area contributed by atoms with Gasteiger partial charge in [-0.15, -0.1) is 0 Å². The largest absolute Gasteiger partial charge is 0.497 e. The van der Waals surface area contributed by atoms with E-state index in [9.17, 15) is 4.79 Å². The van der Waals surface area contributed by atoms with Crippen LogP contribution in [0.1, 0.15) is 34.3 Å². The van der Waals surface area contributed by atoms with Crippen molar-refractivity contribution in [3.63, 3.8) is 0 Å². The van der Waals surface area contributed by atoms with E-state index < -0.39 is 0 Å². The molecule has 26 heavy (non-hydrogen) atoms. The Morgan fingerprint density at radius 1 is 0.923 bits per heavy atom. The van der Waals surface area contributed by atoms with Gasteiger partial charge in [0.05, 0.1) is 13.2 Å². The van der Waals surface area contributed by atoms with Gasteiger partial charge in [-0.25, -0.2) is 0 Å². The van der Waals surface area contributed by atoms with E-state index in [-0.39, 0.29) is 12.0 Å². The number of ether oxygens (including phenoxy) is 2. The van der Waals surface area contributed by atoms with Crippen LogP contribution in [0.2, 0.25) is 0 Å². The number of carbonyl (C=O) groups excluding carboxylic acids is 1. The molecule has 0 unspecified atom stereocenters. The topological polar surface area (TPSA) is 38.8 Å². The molecule has 0 N–H and O–H groups in total. The molecule has 0 aromatic heterocycles. The zero-order chi connectivity index (χ0) is 18.4. The molecule has 1 aliphatic rings. The van der Waals surface area contributed by atoms with E-state index in [1.165, 1.54) is 0 Å². The third-order valence-corrected chi connectivity index (χ3v) is 4.64. The summed E-state index contributed by atoms with van der Waals surface area (Å²) >= 11 is 0. The van der Waals surface area contributed by atoms with Crippen LogP contribution in [0, 0.1) is 11.8 Å². The fraction of sp³-hybridized carbons (Fsp3) is 0.318. The Hall–Kier alpha value is -2.77. The molecule has 0 bridgehead atoms. The molecule has 1 saturated heterocycles. The summed E-state index contributed by atoms with van der Waals surface area (Å²) in [6, 6.07) is 15.1. The molecule has 0 aliphatic carbocycles. The van der Waals surface area contributed by atoms with Crippen LogP contribution in [0.3, 0.4) is 0 Å². The first-order chi connectivity index (χ1) is 12.7. The van der Waals surface area contributed by atoms with Gasteiger partial charge in [0.25, 0.3) is 5.91 Å². The molecular formula is C22H23NO3. The van der Waals surface area contributed by atoms with Crippen LogP contribution in [0.15, 0.2) is 48.5 Å². The molecule has 1 heterocycles. The highest BCUT2D eigenvalue weighted by atomic mass is 16.5. The number of hydrogen-bond acceptors (Lipinski definition) is 3. The second kappa shape index (κ2) is 8.55. The molecule has 0 radical (unpaired) electrons. The van der Waals surface area contributed by atoms with Crippen LogP contribution in [0.4, 0.5) is 0 Å². The zero-order valence-electron chi connectivity index (χ0n) is 15.2. The van der Waals surface area contributed by atoms with Crippen molar-refractivity contribution in [2.45, 2.75) is 18.9 Å². The maximum Gasteiger partial charge on any atom is 0.253 e. The molecule has 4 heteroatoms. The first-order valence-electron chi connectivity index (χ1n) is 8.78. The summed E-state index contributed by atoms with van der Waals surface area (Å²) in [6.07, 6.45) is 2.07. The van der Waals surface area contributed by atoms with E-state index in [4.69, 9.17) is 9.47 Å². The first kappa shape index (κ1) is 18.0. The Balaban J connectivity index is 1.63. The normalized spacial score (nSPS) is 14.5. The first-order valence-corrected chi connectivity index (χ1v) is 8.78. The van der Waals surface area contributed by atoms with Gasteiger partial charge in [-0.1, -0.05) is 11.8 Å². The van der Waals surface area contributed by atoms with E-state index in [2.05, 4.69) is 11.8 Å². The highest BCUT2D eigenvalue weighted by molar-refractivity contribution is 5.94. The minimum absolute atomic E-state index is 0.0780. The lowest BCUT2D eigenvalue weighted by molar-refractivity contribution is 0.0351. The number of carbonyl (C=O) groups is 1. The summed E-state index contributed by atoms with van der Waals surface area (Å²) in [5, 5.41) is 0. The quantitative estimate of drug-likeness (QED) is 0.798. The fourth-order valence-corrected chi connectivity index (χ4v) is 2.99. The van der Waals surface area contributed by atoms with Crippen molar-refractivity contribution >= 4 is 5.91 Å². The van der Waals surface area contributed by atoms with Gasteiger partial charge in [-0.3, -0.25) is 4.79 Å². The van der Waals surface area contributed by atoms with Crippen LogP contribution in [-0.4, -0.2) is 44.2 Å². The smallest absolute Gasteiger partial charge is 0.253 e. The fourth-order valence-electron chi connectivity index (χ4n) is 2.99. The monoisotopic (exact) mass is 349 g/mol. The van der Waals surface area contributed by atoms with Crippen molar-refractivity contribution in [2.75, 3.05) is 27.3 Å². The Morgan fingerprint density at radius 2 is 1.46 bits per heavy atom. The molecule has 0 spiro atoms.